The number of hydrogen-bond donors (Lipinski definition) is 2. The monoisotopic (exact) mass is 248 g/mol. The summed E-state index contributed by atoms with van der Waals surface area (Å²) in [5, 5.41) is 3.15. The van der Waals surface area contributed by atoms with E-state index >= 15 is 0 Å². The summed E-state index contributed by atoms with van der Waals surface area (Å²) in [5.74, 6) is 4.69. The van der Waals surface area contributed by atoms with Crippen molar-refractivity contribution in [3.05, 3.63) is 0 Å². The fourth-order valence-electron chi connectivity index (χ4n) is 5.12. The van der Waals surface area contributed by atoms with E-state index in [-0.39, 0.29) is 5.91 Å². The fraction of sp³-hybridized carbons (Fsp3) is 0.933. The maximum Gasteiger partial charge on any atom is 0.240 e. The molecule has 0 atom stereocenters. The molecular weight excluding hydrogens is 224 g/mol. The van der Waals surface area contributed by atoms with Crippen molar-refractivity contribution < 1.29 is 4.79 Å². The number of nitrogens with two attached hydrogens (primary N) is 1. The molecule has 3 nitrogen and oxygen atoms in total. The topological polar surface area (TPSA) is 55.1 Å². The second-order valence-corrected chi connectivity index (χ2v) is 7.46. The normalized spacial score (nSPS) is 47.1. The van der Waals surface area contributed by atoms with Gasteiger partial charge in [0.15, 0.2) is 0 Å². The van der Waals surface area contributed by atoms with Crippen LogP contribution in [0.2, 0.25) is 0 Å². The largest absolute Gasteiger partial charge is 0.354 e. The summed E-state index contributed by atoms with van der Waals surface area (Å²) >= 11 is 0. The van der Waals surface area contributed by atoms with E-state index in [2.05, 4.69) is 5.32 Å². The van der Waals surface area contributed by atoms with E-state index in [0.29, 0.717) is 0 Å². The summed E-state index contributed by atoms with van der Waals surface area (Å²) in [6.07, 6.45) is 8.98. The molecule has 0 saturated heterocycles. The molecular formula is C15H24N2O. The SMILES string of the molecule is NC1(C(=O)NCC2C3CC4CC(C3)CC2C4)CC1. The number of carbonyl (C=O) groups excluding carboxylic acids is 1. The lowest BCUT2D eigenvalue weighted by molar-refractivity contribution is -0.124. The van der Waals surface area contributed by atoms with Crippen LogP contribution < -0.4 is 11.1 Å². The molecule has 0 aromatic heterocycles. The Morgan fingerprint density at radius 3 is 2.11 bits per heavy atom. The molecule has 3 N–H and O–H groups in total. The van der Waals surface area contributed by atoms with Crippen molar-refractivity contribution in [2.24, 2.45) is 35.3 Å². The van der Waals surface area contributed by atoms with Crippen LogP contribution in [-0.4, -0.2) is 18.0 Å². The molecule has 4 bridgehead atoms. The molecule has 0 unspecified atom stereocenters. The number of rotatable bonds is 3. The van der Waals surface area contributed by atoms with Crippen molar-refractivity contribution in [3.8, 4) is 0 Å². The Morgan fingerprint density at radius 1 is 1.06 bits per heavy atom. The van der Waals surface area contributed by atoms with Gasteiger partial charge in [-0.2, -0.15) is 0 Å². The molecule has 0 aliphatic heterocycles. The molecule has 5 rings (SSSR count). The molecule has 0 aromatic carbocycles. The van der Waals surface area contributed by atoms with Gasteiger partial charge in [0.25, 0.3) is 0 Å². The van der Waals surface area contributed by atoms with Crippen LogP contribution >= 0.6 is 0 Å². The predicted octanol–water partition coefficient (Wildman–Crippen LogP) is 1.67. The minimum Gasteiger partial charge on any atom is -0.354 e. The van der Waals surface area contributed by atoms with Crippen LogP contribution in [0.4, 0.5) is 0 Å². The van der Waals surface area contributed by atoms with Crippen molar-refractivity contribution in [3.63, 3.8) is 0 Å². The Bertz CT molecular complexity index is 347. The van der Waals surface area contributed by atoms with Crippen LogP contribution in [0, 0.1) is 29.6 Å². The van der Waals surface area contributed by atoms with Crippen LogP contribution in [0.3, 0.4) is 0 Å². The molecule has 3 heteroatoms. The van der Waals surface area contributed by atoms with Gasteiger partial charge in [0.05, 0.1) is 5.54 Å². The predicted molar refractivity (Wildman–Crippen MR) is 69.7 cm³/mol. The van der Waals surface area contributed by atoms with Gasteiger partial charge in [-0.15, -0.1) is 0 Å². The number of amides is 1. The standard InChI is InChI=1S/C15H24N2O/c16-15(1-2-15)14(18)17-8-13-11-4-9-3-10(6-11)7-12(13)5-9/h9-13H,1-8,16H2,(H,17,18). The quantitative estimate of drug-likeness (QED) is 0.798. The second-order valence-electron chi connectivity index (χ2n) is 7.46. The first kappa shape index (κ1) is 11.3. The van der Waals surface area contributed by atoms with Gasteiger partial charge in [0.1, 0.15) is 0 Å². The summed E-state index contributed by atoms with van der Waals surface area (Å²) in [7, 11) is 0. The molecule has 5 aliphatic carbocycles. The molecule has 0 heterocycles. The lowest BCUT2D eigenvalue weighted by Crippen LogP contribution is -2.51. The van der Waals surface area contributed by atoms with Crippen molar-refractivity contribution in [2.75, 3.05) is 6.54 Å². The third kappa shape index (κ3) is 1.70. The van der Waals surface area contributed by atoms with Gasteiger partial charge in [0.2, 0.25) is 5.91 Å². The van der Waals surface area contributed by atoms with Gasteiger partial charge in [-0.3, -0.25) is 4.79 Å². The van der Waals surface area contributed by atoms with E-state index < -0.39 is 5.54 Å². The van der Waals surface area contributed by atoms with E-state index in [9.17, 15) is 4.79 Å². The summed E-state index contributed by atoms with van der Waals surface area (Å²) in [6.45, 7) is 0.895. The van der Waals surface area contributed by atoms with Crippen LogP contribution in [0.5, 0.6) is 0 Å². The van der Waals surface area contributed by atoms with Gasteiger partial charge in [-0.1, -0.05) is 0 Å². The molecule has 0 aromatic rings. The smallest absolute Gasteiger partial charge is 0.240 e. The first-order chi connectivity index (χ1) is 8.64. The Balaban J connectivity index is 1.39. The van der Waals surface area contributed by atoms with E-state index in [1.165, 1.54) is 32.1 Å². The molecule has 1 amide bonds. The molecule has 0 radical (unpaired) electrons. The van der Waals surface area contributed by atoms with Crippen molar-refractivity contribution in [1.82, 2.24) is 5.32 Å². The zero-order valence-electron chi connectivity index (χ0n) is 11.0. The second kappa shape index (κ2) is 3.72. The maximum absolute atomic E-state index is 11.9. The van der Waals surface area contributed by atoms with E-state index in [1.807, 2.05) is 0 Å². The lowest BCUT2D eigenvalue weighted by Gasteiger charge is -2.54. The number of carbonyl (C=O) groups is 1. The Labute approximate surface area is 109 Å². The zero-order chi connectivity index (χ0) is 12.3. The van der Waals surface area contributed by atoms with Crippen LogP contribution in [0.1, 0.15) is 44.9 Å². The first-order valence-corrected chi connectivity index (χ1v) is 7.71. The Kier molecular flexibility index (Phi) is 2.33. The summed E-state index contributed by atoms with van der Waals surface area (Å²) in [4.78, 5) is 11.9. The molecule has 0 spiro atoms. The summed E-state index contributed by atoms with van der Waals surface area (Å²) in [6, 6.07) is 0. The Hall–Kier alpha value is -0.570. The summed E-state index contributed by atoms with van der Waals surface area (Å²) < 4.78 is 0. The minimum atomic E-state index is -0.494. The average Bonchev–Trinajstić information content (AvgIpc) is 3.06. The highest BCUT2D eigenvalue weighted by Gasteiger charge is 2.49. The van der Waals surface area contributed by atoms with Gasteiger partial charge < -0.3 is 11.1 Å². The lowest BCUT2D eigenvalue weighted by atomic mass is 9.52. The third-order valence-electron chi connectivity index (χ3n) is 6.16. The molecule has 100 valence electrons. The minimum absolute atomic E-state index is 0.108. The van der Waals surface area contributed by atoms with Gasteiger partial charge in [0, 0.05) is 6.54 Å². The summed E-state index contributed by atoms with van der Waals surface area (Å²) in [5.41, 5.74) is 5.44. The van der Waals surface area contributed by atoms with E-state index in [0.717, 1.165) is 49.0 Å². The molecule has 5 aliphatic rings. The van der Waals surface area contributed by atoms with Crippen LogP contribution in [0.25, 0.3) is 0 Å². The molecule has 5 saturated carbocycles. The van der Waals surface area contributed by atoms with Crippen molar-refractivity contribution in [1.29, 1.82) is 0 Å². The maximum atomic E-state index is 11.9. The highest BCUT2D eigenvalue weighted by Crippen LogP contribution is 2.56. The van der Waals surface area contributed by atoms with Gasteiger partial charge in [-0.05, 0) is 74.5 Å². The van der Waals surface area contributed by atoms with Gasteiger partial charge >= 0.3 is 0 Å². The van der Waals surface area contributed by atoms with Crippen molar-refractivity contribution >= 4 is 5.91 Å². The van der Waals surface area contributed by atoms with Gasteiger partial charge in [-0.25, -0.2) is 0 Å². The number of nitrogens with one attached hydrogen (secondary N) is 1. The Morgan fingerprint density at radius 2 is 1.61 bits per heavy atom. The third-order valence-corrected chi connectivity index (χ3v) is 6.16. The molecule has 5 fully saturated rings. The zero-order valence-corrected chi connectivity index (χ0v) is 11.0. The fourth-order valence-corrected chi connectivity index (χ4v) is 5.12. The van der Waals surface area contributed by atoms with Crippen LogP contribution in [-0.2, 0) is 4.79 Å². The average molecular weight is 248 g/mol. The number of hydrogen-bond acceptors (Lipinski definition) is 2. The molecule has 18 heavy (non-hydrogen) atoms. The van der Waals surface area contributed by atoms with Crippen LogP contribution in [0.15, 0.2) is 0 Å². The first-order valence-electron chi connectivity index (χ1n) is 7.71. The highest BCUT2D eigenvalue weighted by molar-refractivity contribution is 5.88. The van der Waals surface area contributed by atoms with Crippen molar-refractivity contribution in [2.45, 2.75) is 50.5 Å². The highest BCUT2D eigenvalue weighted by atomic mass is 16.2. The van der Waals surface area contributed by atoms with E-state index in [1.54, 1.807) is 0 Å². The van der Waals surface area contributed by atoms with E-state index in [4.69, 9.17) is 5.73 Å².